The number of anilines is 3. The second kappa shape index (κ2) is 15.1. The van der Waals surface area contributed by atoms with Gasteiger partial charge in [-0.05, 0) is 115 Å². The predicted molar refractivity (Wildman–Crippen MR) is 273 cm³/mol. The lowest BCUT2D eigenvalue weighted by molar-refractivity contribution is 0.360. The van der Waals surface area contributed by atoms with E-state index in [9.17, 15) is 0 Å². The molecular formula is C64H45NO2. The fourth-order valence-corrected chi connectivity index (χ4v) is 11.3. The minimum Gasteiger partial charge on any atom is -0.449 e. The highest BCUT2D eigenvalue weighted by Crippen LogP contribution is 2.59. The summed E-state index contributed by atoms with van der Waals surface area (Å²) in [4.78, 5) is 2.42. The van der Waals surface area contributed by atoms with E-state index >= 15 is 0 Å². The Balaban J connectivity index is 0.955. The lowest BCUT2D eigenvalue weighted by Crippen LogP contribution is -2.28. The fraction of sp³-hybridized carbons (Fsp3) is 0.0625. The van der Waals surface area contributed by atoms with Crippen LogP contribution in [0.4, 0.5) is 17.1 Å². The van der Waals surface area contributed by atoms with Gasteiger partial charge < -0.3 is 14.4 Å². The van der Waals surface area contributed by atoms with E-state index in [0.717, 1.165) is 56.6 Å². The Labute approximate surface area is 391 Å². The fourth-order valence-electron chi connectivity index (χ4n) is 11.3. The maximum absolute atomic E-state index is 6.88. The minimum absolute atomic E-state index is 0.138. The van der Waals surface area contributed by atoms with E-state index in [0.29, 0.717) is 5.75 Å². The van der Waals surface area contributed by atoms with Crippen molar-refractivity contribution in [2.75, 3.05) is 4.90 Å². The monoisotopic (exact) mass is 859 g/mol. The molecule has 0 aromatic heterocycles. The van der Waals surface area contributed by atoms with E-state index in [4.69, 9.17) is 9.47 Å². The number of fused-ring (bicyclic) bond motifs is 8. The summed E-state index contributed by atoms with van der Waals surface area (Å²) < 4.78 is 13.6. The Morgan fingerprint density at radius 3 is 1.58 bits per heavy atom. The van der Waals surface area contributed by atoms with Crippen LogP contribution in [0.3, 0.4) is 0 Å². The third kappa shape index (κ3) is 5.91. The smallest absolute Gasteiger partial charge is 0.177 e. The number of rotatable bonds is 7. The van der Waals surface area contributed by atoms with E-state index in [1.165, 1.54) is 55.6 Å². The highest BCUT2D eigenvalue weighted by Gasteiger charge is 2.46. The molecule has 0 radical (unpaired) electrons. The van der Waals surface area contributed by atoms with Crippen molar-refractivity contribution >= 4 is 17.1 Å². The number of hydrogen-bond donors (Lipinski definition) is 0. The average molecular weight is 860 g/mol. The van der Waals surface area contributed by atoms with Gasteiger partial charge in [0.25, 0.3) is 0 Å². The SMILES string of the molecule is CC1(C)c2ccccc2-c2cc3c(cc21)Oc1cccc(-c2ccc(N(c4ccc5c(c4)C(c4ccccc4)(c4ccccc4)c4ccccc4-5)c4ccccc4-c4ccccc4)cc2)c1O3. The number of benzene rings is 10. The predicted octanol–water partition coefficient (Wildman–Crippen LogP) is 17.1. The first kappa shape index (κ1) is 39.0. The normalized spacial score (nSPS) is 14.0. The van der Waals surface area contributed by atoms with Gasteiger partial charge in [0.05, 0.1) is 11.1 Å². The van der Waals surface area contributed by atoms with Crippen molar-refractivity contribution in [3.05, 3.63) is 270 Å². The first-order valence-corrected chi connectivity index (χ1v) is 23.2. The van der Waals surface area contributed by atoms with Crippen LogP contribution in [-0.4, -0.2) is 0 Å². The van der Waals surface area contributed by atoms with E-state index in [1.807, 2.05) is 6.07 Å². The van der Waals surface area contributed by atoms with Crippen molar-refractivity contribution in [1.29, 1.82) is 0 Å². The maximum atomic E-state index is 6.88. The lowest BCUT2D eigenvalue weighted by Gasteiger charge is -2.35. The molecule has 2 aliphatic carbocycles. The zero-order valence-electron chi connectivity index (χ0n) is 37.3. The van der Waals surface area contributed by atoms with Crippen molar-refractivity contribution < 1.29 is 9.47 Å². The molecule has 3 nitrogen and oxygen atoms in total. The second-order valence-electron chi connectivity index (χ2n) is 18.4. The molecule has 3 heteroatoms. The summed E-state index contributed by atoms with van der Waals surface area (Å²) in [7, 11) is 0. The van der Waals surface area contributed by atoms with Crippen LogP contribution in [0.2, 0.25) is 0 Å². The van der Waals surface area contributed by atoms with Crippen LogP contribution in [0.1, 0.15) is 47.2 Å². The van der Waals surface area contributed by atoms with E-state index in [-0.39, 0.29) is 5.41 Å². The zero-order chi connectivity index (χ0) is 44.7. The summed E-state index contributed by atoms with van der Waals surface area (Å²) in [6, 6.07) is 85.6. The molecule has 10 aromatic carbocycles. The number of ether oxygens (including phenoxy) is 2. The zero-order valence-corrected chi connectivity index (χ0v) is 37.3. The Morgan fingerprint density at radius 1 is 0.328 bits per heavy atom. The standard InChI is InChI=1S/C64H45NO2/c1-63(2)54-29-15-12-27-51(54)53-40-60-61(41-56(53)63)66-59-32-18-28-49(62(59)67-60)43-33-35-46(36-34-43)65(58-31-17-14-25-48(58)42-19-6-3-7-20-42)47-37-38-52-50-26-13-16-30-55(50)64(57(52)39-47,44-21-8-4-9-22-44)45-23-10-5-11-24-45/h3-41H,1-2H3. The van der Waals surface area contributed by atoms with E-state index in [2.05, 4.69) is 249 Å². The number of hydrogen-bond acceptors (Lipinski definition) is 3. The second-order valence-corrected chi connectivity index (χ2v) is 18.4. The van der Waals surface area contributed by atoms with Crippen molar-refractivity contribution in [2.45, 2.75) is 24.7 Å². The number of nitrogens with zero attached hydrogens (tertiary/aromatic N) is 1. The Morgan fingerprint density at radius 2 is 0.866 bits per heavy atom. The summed E-state index contributed by atoms with van der Waals surface area (Å²) in [5.41, 5.74) is 19.4. The summed E-state index contributed by atoms with van der Waals surface area (Å²) in [5.74, 6) is 2.90. The van der Waals surface area contributed by atoms with Crippen molar-refractivity contribution in [3.8, 4) is 67.5 Å². The van der Waals surface area contributed by atoms with Gasteiger partial charge in [-0.1, -0.05) is 202 Å². The molecule has 0 bridgehead atoms. The summed E-state index contributed by atoms with van der Waals surface area (Å²) >= 11 is 0. The van der Waals surface area contributed by atoms with Gasteiger partial charge in [-0.2, -0.15) is 0 Å². The molecule has 0 saturated heterocycles. The van der Waals surface area contributed by atoms with Crippen LogP contribution < -0.4 is 14.4 Å². The van der Waals surface area contributed by atoms with Crippen molar-refractivity contribution in [2.24, 2.45) is 0 Å². The molecule has 13 rings (SSSR count). The summed E-state index contributed by atoms with van der Waals surface area (Å²) in [6.07, 6.45) is 0. The highest BCUT2D eigenvalue weighted by atomic mass is 16.6. The first-order chi connectivity index (χ1) is 33.0. The van der Waals surface area contributed by atoms with Crippen LogP contribution in [0.5, 0.6) is 23.0 Å². The molecule has 0 saturated carbocycles. The van der Waals surface area contributed by atoms with Crippen LogP contribution in [-0.2, 0) is 10.8 Å². The van der Waals surface area contributed by atoms with Gasteiger partial charge in [0.1, 0.15) is 0 Å². The average Bonchev–Trinajstić information content (AvgIpc) is 3.80. The third-order valence-corrected chi connectivity index (χ3v) is 14.4. The minimum atomic E-state index is -0.536. The molecule has 0 fully saturated rings. The highest BCUT2D eigenvalue weighted by molar-refractivity contribution is 5.93. The van der Waals surface area contributed by atoms with Gasteiger partial charge >= 0.3 is 0 Å². The Kier molecular flexibility index (Phi) is 8.78. The van der Waals surface area contributed by atoms with Crippen molar-refractivity contribution in [3.63, 3.8) is 0 Å². The van der Waals surface area contributed by atoms with Crippen LogP contribution in [0.25, 0.3) is 44.5 Å². The molecular weight excluding hydrogens is 815 g/mol. The molecule has 0 unspecified atom stereocenters. The molecule has 1 aliphatic heterocycles. The van der Waals surface area contributed by atoms with Gasteiger partial charge in [0.15, 0.2) is 23.0 Å². The molecule has 0 N–H and O–H groups in total. The van der Waals surface area contributed by atoms with Crippen molar-refractivity contribution in [1.82, 2.24) is 0 Å². The topological polar surface area (TPSA) is 21.7 Å². The van der Waals surface area contributed by atoms with E-state index < -0.39 is 5.41 Å². The maximum Gasteiger partial charge on any atom is 0.177 e. The molecule has 0 atom stereocenters. The Hall–Kier alpha value is -8.40. The Bertz CT molecular complexity index is 3500. The van der Waals surface area contributed by atoms with Gasteiger partial charge in [0, 0.05) is 27.9 Å². The molecule has 10 aromatic rings. The quantitative estimate of drug-likeness (QED) is 0.159. The van der Waals surface area contributed by atoms with Crippen LogP contribution in [0, 0.1) is 0 Å². The van der Waals surface area contributed by atoms with Gasteiger partial charge in [0.2, 0.25) is 0 Å². The van der Waals surface area contributed by atoms with Gasteiger partial charge in [-0.15, -0.1) is 0 Å². The number of para-hydroxylation sites is 2. The lowest BCUT2D eigenvalue weighted by atomic mass is 9.67. The summed E-state index contributed by atoms with van der Waals surface area (Å²) in [6.45, 7) is 4.58. The van der Waals surface area contributed by atoms with E-state index in [1.54, 1.807) is 0 Å². The molecule has 1 heterocycles. The molecule has 0 spiro atoms. The molecule has 0 amide bonds. The van der Waals surface area contributed by atoms with Crippen LogP contribution in [0.15, 0.2) is 237 Å². The molecule has 67 heavy (non-hydrogen) atoms. The first-order valence-electron chi connectivity index (χ1n) is 23.2. The molecule has 3 aliphatic rings. The molecule has 318 valence electrons. The van der Waals surface area contributed by atoms with Gasteiger partial charge in [-0.25, -0.2) is 0 Å². The third-order valence-electron chi connectivity index (χ3n) is 14.4. The van der Waals surface area contributed by atoms with Gasteiger partial charge in [-0.3, -0.25) is 0 Å². The van der Waals surface area contributed by atoms with Crippen LogP contribution >= 0.6 is 0 Å². The largest absolute Gasteiger partial charge is 0.449 e. The summed E-state index contributed by atoms with van der Waals surface area (Å²) in [5, 5.41) is 0.